The van der Waals surface area contributed by atoms with Gasteiger partial charge in [0.25, 0.3) is 17.4 Å². The number of imide groups is 1. The zero-order chi connectivity index (χ0) is 23.6. The molecule has 3 aromatic carbocycles. The molecule has 0 radical (unpaired) electrons. The lowest BCUT2D eigenvalue weighted by atomic mass is 9.92. The third kappa shape index (κ3) is 2.89. The van der Waals surface area contributed by atoms with Gasteiger partial charge in [-0.05, 0) is 38.5 Å². The number of anilines is 1. The molecule has 33 heavy (non-hydrogen) atoms. The summed E-state index contributed by atoms with van der Waals surface area (Å²) in [6, 6.07) is 15.2. The Morgan fingerprint density at radius 1 is 0.758 bits per heavy atom. The summed E-state index contributed by atoms with van der Waals surface area (Å²) in [6.07, 6.45) is 0. The summed E-state index contributed by atoms with van der Waals surface area (Å²) in [5.41, 5.74) is 10.9. The first-order valence-electron chi connectivity index (χ1n) is 10.6. The highest BCUT2D eigenvalue weighted by molar-refractivity contribution is 6.28. The molecule has 2 amide bonds. The molecule has 2 heterocycles. The van der Waals surface area contributed by atoms with Gasteiger partial charge >= 0.3 is 0 Å². The molecule has 7 heteroatoms. The summed E-state index contributed by atoms with van der Waals surface area (Å²) in [7, 11) is 1.41. The number of carbonyl (C=O) groups excluding carboxylic acids is 2. The third-order valence-electron chi connectivity index (χ3n) is 6.27. The first-order valence-corrected chi connectivity index (χ1v) is 10.6. The summed E-state index contributed by atoms with van der Waals surface area (Å²) in [6.45, 7) is 5.68. The Labute approximate surface area is 190 Å². The van der Waals surface area contributed by atoms with Crippen LogP contribution in [-0.2, 0) is 0 Å². The lowest BCUT2D eigenvalue weighted by Crippen LogP contribution is -2.25. The Kier molecular flexibility index (Phi) is 4.46. The van der Waals surface area contributed by atoms with E-state index >= 15 is 0 Å². The van der Waals surface area contributed by atoms with Gasteiger partial charge in [-0.2, -0.15) is 9.78 Å². The Bertz CT molecular complexity index is 1550. The Balaban J connectivity index is 1.99. The average molecular weight is 438 g/mol. The van der Waals surface area contributed by atoms with Crippen molar-refractivity contribution in [2.45, 2.75) is 20.8 Å². The van der Waals surface area contributed by atoms with Crippen molar-refractivity contribution < 1.29 is 9.59 Å². The number of nitrogens with two attached hydrogens (primary N) is 1. The predicted molar refractivity (Wildman–Crippen MR) is 128 cm³/mol. The summed E-state index contributed by atoms with van der Waals surface area (Å²) < 4.78 is 1.31. The monoisotopic (exact) mass is 438 g/mol. The van der Waals surface area contributed by atoms with Gasteiger partial charge in [-0.25, -0.2) is 0 Å². The van der Waals surface area contributed by atoms with E-state index in [2.05, 4.69) is 0 Å². The lowest BCUT2D eigenvalue weighted by molar-refractivity contribution is 0.0693. The molecule has 1 aromatic heterocycles. The van der Waals surface area contributed by atoms with Crippen molar-refractivity contribution in [1.82, 2.24) is 14.7 Å². The molecule has 164 valence electrons. The van der Waals surface area contributed by atoms with Crippen LogP contribution in [0.5, 0.6) is 0 Å². The number of carbonyl (C=O) groups is 2. The van der Waals surface area contributed by atoms with Crippen LogP contribution in [0.4, 0.5) is 5.69 Å². The molecule has 0 saturated heterocycles. The van der Waals surface area contributed by atoms with E-state index in [0.29, 0.717) is 22.3 Å². The van der Waals surface area contributed by atoms with Crippen molar-refractivity contribution >= 4 is 28.3 Å². The molecule has 7 nitrogen and oxygen atoms in total. The second-order valence-electron chi connectivity index (χ2n) is 8.48. The fraction of sp³-hybridized carbons (Fsp3) is 0.154. The van der Waals surface area contributed by atoms with E-state index < -0.39 is 17.4 Å². The zero-order valence-corrected chi connectivity index (χ0v) is 18.8. The topological polar surface area (TPSA) is 98.3 Å². The highest BCUT2D eigenvalue weighted by atomic mass is 16.2. The summed E-state index contributed by atoms with van der Waals surface area (Å²) in [5, 5.41) is 5.40. The van der Waals surface area contributed by atoms with Crippen molar-refractivity contribution in [3.63, 3.8) is 0 Å². The SMILES string of the molecule is Cc1ccc(-c2nn(-c3ccc(C)cc3)c(=O)c3c(N)c4c(c(C)c23)C(=O)N(C)C4=O)cc1. The van der Waals surface area contributed by atoms with Gasteiger partial charge in [0, 0.05) is 18.0 Å². The molecule has 0 atom stereocenters. The van der Waals surface area contributed by atoms with E-state index in [4.69, 9.17) is 10.8 Å². The predicted octanol–water partition coefficient (Wildman–Crippen LogP) is 3.79. The average Bonchev–Trinajstić information content (AvgIpc) is 3.03. The molecule has 0 bridgehead atoms. The fourth-order valence-corrected chi connectivity index (χ4v) is 4.41. The number of nitrogen functional groups attached to an aromatic ring is 1. The van der Waals surface area contributed by atoms with Crippen LogP contribution in [0.1, 0.15) is 37.4 Å². The Hall–Kier alpha value is -4.26. The van der Waals surface area contributed by atoms with Gasteiger partial charge in [0.1, 0.15) is 0 Å². The maximum absolute atomic E-state index is 13.7. The van der Waals surface area contributed by atoms with Crippen molar-refractivity contribution in [2.75, 3.05) is 12.8 Å². The van der Waals surface area contributed by atoms with Crippen LogP contribution in [0, 0.1) is 20.8 Å². The number of fused-ring (bicyclic) bond motifs is 2. The quantitative estimate of drug-likeness (QED) is 0.379. The van der Waals surface area contributed by atoms with Gasteiger partial charge < -0.3 is 5.73 Å². The van der Waals surface area contributed by atoms with Crippen LogP contribution in [0.15, 0.2) is 53.3 Å². The second-order valence-corrected chi connectivity index (χ2v) is 8.48. The van der Waals surface area contributed by atoms with E-state index in [1.165, 1.54) is 11.7 Å². The Morgan fingerprint density at radius 2 is 1.30 bits per heavy atom. The lowest BCUT2D eigenvalue weighted by Gasteiger charge is -2.17. The van der Waals surface area contributed by atoms with Crippen molar-refractivity contribution in [1.29, 1.82) is 0 Å². The zero-order valence-electron chi connectivity index (χ0n) is 18.8. The summed E-state index contributed by atoms with van der Waals surface area (Å²) in [5.74, 6) is -0.939. The van der Waals surface area contributed by atoms with E-state index in [1.807, 2.05) is 62.4 Å². The van der Waals surface area contributed by atoms with E-state index in [9.17, 15) is 14.4 Å². The number of aryl methyl sites for hydroxylation is 3. The van der Waals surface area contributed by atoms with Crippen molar-refractivity contribution in [3.05, 3.63) is 86.7 Å². The fourth-order valence-electron chi connectivity index (χ4n) is 4.41. The van der Waals surface area contributed by atoms with Crippen LogP contribution in [-0.4, -0.2) is 33.5 Å². The largest absolute Gasteiger partial charge is 0.397 e. The van der Waals surface area contributed by atoms with Gasteiger partial charge in [0.15, 0.2) is 0 Å². The number of amides is 2. The highest BCUT2D eigenvalue weighted by Gasteiger charge is 2.39. The van der Waals surface area contributed by atoms with E-state index in [0.717, 1.165) is 21.6 Å². The van der Waals surface area contributed by atoms with Crippen LogP contribution in [0.3, 0.4) is 0 Å². The van der Waals surface area contributed by atoms with Crippen LogP contribution >= 0.6 is 0 Å². The van der Waals surface area contributed by atoms with Crippen LogP contribution in [0.25, 0.3) is 27.7 Å². The maximum atomic E-state index is 13.7. The molecule has 0 spiro atoms. The molecule has 5 rings (SSSR count). The van der Waals surface area contributed by atoms with Crippen LogP contribution in [0.2, 0.25) is 0 Å². The van der Waals surface area contributed by atoms with E-state index in [1.54, 1.807) is 6.92 Å². The summed E-state index contributed by atoms with van der Waals surface area (Å²) in [4.78, 5) is 40.4. The molecule has 0 fully saturated rings. The highest BCUT2D eigenvalue weighted by Crippen LogP contribution is 2.39. The Morgan fingerprint density at radius 3 is 1.91 bits per heavy atom. The first-order chi connectivity index (χ1) is 15.7. The normalized spacial score (nSPS) is 13.2. The number of aromatic nitrogens is 2. The molecular formula is C26H22N4O3. The minimum absolute atomic E-state index is 0.00919. The molecule has 0 saturated carbocycles. The standard InChI is InChI=1S/C26H22N4O3/c1-13-5-9-16(10-6-13)23-18-15(3)19-21(25(32)29(4)24(19)31)22(27)20(18)26(33)30(28-23)17-11-7-14(2)8-12-17/h5-12H,27H2,1-4H3. The molecule has 1 aliphatic heterocycles. The van der Waals surface area contributed by atoms with Gasteiger partial charge in [-0.1, -0.05) is 47.5 Å². The summed E-state index contributed by atoms with van der Waals surface area (Å²) >= 11 is 0. The van der Waals surface area contributed by atoms with Gasteiger partial charge in [-0.3, -0.25) is 19.3 Å². The van der Waals surface area contributed by atoms with Crippen molar-refractivity contribution in [2.24, 2.45) is 0 Å². The number of rotatable bonds is 2. The number of nitrogens with zero attached hydrogens (tertiary/aromatic N) is 3. The molecule has 1 aliphatic rings. The molecule has 0 aliphatic carbocycles. The van der Waals surface area contributed by atoms with Crippen molar-refractivity contribution in [3.8, 4) is 16.9 Å². The first kappa shape index (κ1) is 20.6. The molecular weight excluding hydrogens is 416 g/mol. The van der Waals surface area contributed by atoms with Gasteiger partial charge in [0.05, 0.1) is 33.6 Å². The van der Waals surface area contributed by atoms with Gasteiger partial charge in [-0.15, -0.1) is 0 Å². The number of hydrogen-bond acceptors (Lipinski definition) is 5. The molecule has 4 aromatic rings. The van der Waals surface area contributed by atoms with Crippen LogP contribution < -0.4 is 11.3 Å². The number of hydrogen-bond donors (Lipinski definition) is 1. The second kappa shape index (κ2) is 7.13. The smallest absolute Gasteiger partial charge is 0.281 e. The molecule has 0 unspecified atom stereocenters. The van der Waals surface area contributed by atoms with Gasteiger partial charge in [0.2, 0.25) is 0 Å². The third-order valence-corrected chi connectivity index (χ3v) is 6.27. The maximum Gasteiger partial charge on any atom is 0.281 e. The van der Waals surface area contributed by atoms with E-state index in [-0.39, 0.29) is 22.2 Å². The minimum atomic E-state index is -0.507. The number of benzene rings is 3. The minimum Gasteiger partial charge on any atom is -0.397 e. The molecule has 2 N–H and O–H groups in total.